The topological polar surface area (TPSA) is 66.5 Å². The molecule has 4 rings (SSSR count). The molecule has 156 valence electrons. The lowest BCUT2D eigenvalue weighted by atomic mass is 9.81. The summed E-state index contributed by atoms with van der Waals surface area (Å²) >= 11 is 13.5. The molecule has 1 heterocycles. The van der Waals surface area contributed by atoms with Gasteiger partial charge in [0.25, 0.3) is 0 Å². The maximum Gasteiger partial charge on any atom is 0.233 e. The molecule has 1 N–H and O–H groups in total. The van der Waals surface area contributed by atoms with Crippen molar-refractivity contribution in [1.82, 2.24) is 4.90 Å². The van der Waals surface area contributed by atoms with Gasteiger partial charge in [-0.15, -0.1) is 0 Å². The lowest BCUT2D eigenvalue weighted by Gasteiger charge is -2.28. The van der Waals surface area contributed by atoms with Crippen LogP contribution in [-0.2, 0) is 14.4 Å². The Kier molecular flexibility index (Phi) is 6.38. The summed E-state index contributed by atoms with van der Waals surface area (Å²) in [7, 11) is 0. The molecule has 1 aromatic rings. The fourth-order valence-electron chi connectivity index (χ4n) is 5.14. The third kappa shape index (κ3) is 3.90. The van der Waals surface area contributed by atoms with Gasteiger partial charge in [-0.2, -0.15) is 0 Å². The minimum absolute atomic E-state index is 0.00723. The fraction of sp³-hybridized carbons (Fsp3) is 0.571. The molecule has 3 fully saturated rings. The van der Waals surface area contributed by atoms with E-state index in [4.69, 9.17) is 11.6 Å². The number of hydrogen-bond donors (Lipinski definition) is 1. The molecule has 3 aliphatic rings. The van der Waals surface area contributed by atoms with Crippen molar-refractivity contribution in [3.8, 4) is 0 Å². The standard InChI is InChI=1S/C21H23Br2ClN2O3/c22-18-11-10-12(19(18)23)17-16(11)20(28)26(21(17)29)9-5-1-2-8-15(27)25-14-7-4-3-6-13(14)24/h3-4,6-7,11-12,16-19H,1-2,5,8-10H2,(H,25,27)/t11-,12-,16-,17+,18-,19-/m1/s1. The van der Waals surface area contributed by atoms with Crippen LogP contribution in [0.5, 0.6) is 0 Å². The van der Waals surface area contributed by atoms with Gasteiger partial charge in [-0.3, -0.25) is 19.3 Å². The second kappa shape index (κ2) is 8.67. The van der Waals surface area contributed by atoms with Gasteiger partial charge in [0.2, 0.25) is 17.7 Å². The van der Waals surface area contributed by atoms with Crippen molar-refractivity contribution in [1.29, 1.82) is 0 Å². The van der Waals surface area contributed by atoms with Crippen LogP contribution < -0.4 is 5.32 Å². The summed E-state index contributed by atoms with van der Waals surface area (Å²) in [6, 6.07) is 7.14. The first-order chi connectivity index (χ1) is 13.9. The molecule has 2 aliphatic carbocycles. The summed E-state index contributed by atoms with van der Waals surface area (Å²) in [5, 5.41) is 3.33. The first-order valence-corrected chi connectivity index (χ1v) is 12.3. The second-order valence-electron chi connectivity index (χ2n) is 8.17. The minimum atomic E-state index is -0.146. The van der Waals surface area contributed by atoms with Crippen LogP contribution in [0.2, 0.25) is 5.02 Å². The Morgan fingerprint density at radius 1 is 1.03 bits per heavy atom. The van der Waals surface area contributed by atoms with E-state index in [1.807, 2.05) is 12.1 Å². The van der Waals surface area contributed by atoms with Crippen LogP contribution in [0.4, 0.5) is 5.69 Å². The molecule has 0 radical (unpaired) electrons. The lowest BCUT2D eigenvalue weighted by Crippen LogP contribution is -2.37. The first kappa shape index (κ1) is 21.3. The lowest BCUT2D eigenvalue weighted by molar-refractivity contribution is -0.140. The molecule has 1 aliphatic heterocycles. The summed E-state index contributed by atoms with van der Waals surface area (Å²) in [6.45, 7) is 0.455. The monoisotopic (exact) mass is 544 g/mol. The van der Waals surface area contributed by atoms with Crippen LogP contribution in [0.1, 0.15) is 32.1 Å². The number of nitrogens with one attached hydrogen (secondary N) is 1. The zero-order valence-electron chi connectivity index (χ0n) is 15.8. The summed E-state index contributed by atoms with van der Waals surface area (Å²) in [4.78, 5) is 39.7. The summed E-state index contributed by atoms with van der Waals surface area (Å²) in [5.41, 5.74) is 0.615. The summed E-state index contributed by atoms with van der Waals surface area (Å²) in [6.07, 6.45) is 3.56. The normalized spacial score (nSPS) is 32.7. The van der Waals surface area contributed by atoms with Crippen molar-refractivity contribution in [2.45, 2.75) is 41.8 Å². The van der Waals surface area contributed by atoms with Gasteiger partial charge in [-0.25, -0.2) is 0 Å². The Morgan fingerprint density at radius 2 is 1.66 bits per heavy atom. The van der Waals surface area contributed by atoms with Gasteiger partial charge >= 0.3 is 0 Å². The number of carbonyl (C=O) groups excluding carboxylic acids is 3. The molecule has 6 atom stereocenters. The average Bonchev–Trinajstić information content (AvgIpc) is 3.29. The zero-order chi connectivity index (χ0) is 20.7. The zero-order valence-corrected chi connectivity index (χ0v) is 19.7. The van der Waals surface area contributed by atoms with E-state index in [9.17, 15) is 14.4 Å². The number of rotatable bonds is 7. The quantitative estimate of drug-likeness (QED) is 0.309. The highest BCUT2D eigenvalue weighted by Crippen LogP contribution is 2.60. The molecule has 2 saturated carbocycles. The van der Waals surface area contributed by atoms with E-state index in [1.54, 1.807) is 12.1 Å². The van der Waals surface area contributed by atoms with Crippen LogP contribution in [-0.4, -0.2) is 38.8 Å². The number of alkyl halides is 2. The molecule has 1 aromatic carbocycles. The number of carbonyl (C=O) groups is 3. The van der Waals surface area contributed by atoms with Gasteiger partial charge < -0.3 is 5.32 Å². The third-order valence-corrected chi connectivity index (χ3v) is 10.0. The summed E-state index contributed by atoms with van der Waals surface area (Å²) in [5.74, 6) is 0.151. The number of nitrogens with zero attached hydrogens (tertiary/aromatic N) is 1. The highest BCUT2D eigenvalue weighted by Gasteiger charge is 2.66. The van der Waals surface area contributed by atoms with E-state index >= 15 is 0 Å². The molecule has 2 bridgehead atoms. The maximum absolute atomic E-state index is 12.8. The smallest absolute Gasteiger partial charge is 0.233 e. The first-order valence-electron chi connectivity index (χ1n) is 10.1. The number of amides is 3. The van der Waals surface area contributed by atoms with E-state index < -0.39 is 0 Å². The molecule has 5 nitrogen and oxygen atoms in total. The highest BCUT2D eigenvalue weighted by molar-refractivity contribution is 9.12. The van der Waals surface area contributed by atoms with Crippen molar-refractivity contribution in [3.63, 3.8) is 0 Å². The van der Waals surface area contributed by atoms with Gasteiger partial charge in [0, 0.05) is 22.6 Å². The second-order valence-corrected chi connectivity index (χ2v) is 10.7. The maximum atomic E-state index is 12.8. The Morgan fingerprint density at radius 3 is 2.28 bits per heavy atom. The van der Waals surface area contributed by atoms with E-state index in [1.165, 1.54) is 4.90 Å². The minimum Gasteiger partial charge on any atom is -0.325 e. The Balaban J connectivity index is 1.22. The molecule has 0 unspecified atom stereocenters. The van der Waals surface area contributed by atoms with Gasteiger partial charge in [0.05, 0.1) is 22.5 Å². The third-order valence-electron chi connectivity index (χ3n) is 6.51. The van der Waals surface area contributed by atoms with Crippen molar-refractivity contribution in [2.24, 2.45) is 23.7 Å². The molecular formula is C21H23Br2ClN2O3. The largest absolute Gasteiger partial charge is 0.325 e. The predicted octanol–water partition coefficient (Wildman–Crippen LogP) is 4.62. The number of fused-ring (bicyclic) bond motifs is 5. The molecule has 0 aromatic heterocycles. The number of likely N-dealkylation sites (tertiary alicyclic amines) is 1. The van der Waals surface area contributed by atoms with E-state index in [2.05, 4.69) is 37.2 Å². The molecule has 1 saturated heterocycles. The Hall–Kier alpha value is -0.920. The van der Waals surface area contributed by atoms with Crippen LogP contribution >= 0.6 is 43.5 Å². The number of halogens is 3. The Bertz CT molecular complexity index is 804. The SMILES string of the molecule is O=C(CCCCCN1C(=O)[C@@H]2[C@H]3C[C@@H]([C@@H](Br)[C@@H]3Br)[C@@H]2C1=O)Nc1ccccc1Cl. The van der Waals surface area contributed by atoms with Gasteiger partial charge in [-0.1, -0.05) is 62.0 Å². The van der Waals surface area contributed by atoms with Gasteiger partial charge in [-0.05, 0) is 43.2 Å². The number of imide groups is 1. The predicted molar refractivity (Wildman–Crippen MR) is 119 cm³/mol. The van der Waals surface area contributed by atoms with Gasteiger partial charge in [0.15, 0.2) is 0 Å². The number of para-hydroxylation sites is 1. The molecule has 0 spiro atoms. The number of anilines is 1. The average molecular weight is 547 g/mol. The van der Waals surface area contributed by atoms with Crippen molar-refractivity contribution < 1.29 is 14.4 Å². The molecular weight excluding hydrogens is 524 g/mol. The fourth-order valence-corrected chi connectivity index (χ4v) is 7.19. The van der Waals surface area contributed by atoms with Crippen molar-refractivity contribution in [3.05, 3.63) is 29.3 Å². The van der Waals surface area contributed by atoms with E-state index in [0.29, 0.717) is 30.1 Å². The number of benzene rings is 1. The highest BCUT2D eigenvalue weighted by atomic mass is 79.9. The van der Waals surface area contributed by atoms with Crippen LogP contribution in [0, 0.1) is 23.7 Å². The number of unbranched alkanes of at least 4 members (excludes halogenated alkanes) is 2. The molecule has 8 heteroatoms. The molecule has 3 amide bonds. The van der Waals surface area contributed by atoms with E-state index in [0.717, 1.165) is 19.3 Å². The van der Waals surface area contributed by atoms with Crippen molar-refractivity contribution in [2.75, 3.05) is 11.9 Å². The van der Waals surface area contributed by atoms with Crippen LogP contribution in [0.3, 0.4) is 0 Å². The van der Waals surface area contributed by atoms with Crippen LogP contribution in [0.15, 0.2) is 24.3 Å². The number of hydrogen-bond acceptors (Lipinski definition) is 3. The van der Waals surface area contributed by atoms with Gasteiger partial charge in [0.1, 0.15) is 0 Å². The van der Waals surface area contributed by atoms with E-state index in [-0.39, 0.29) is 51.0 Å². The van der Waals surface area contributed by atoms with Crippen LogP contribution in [0.25, 0.3) is 0 Å². The van der Waals surface area contributed by atoms with Crippen molar-refractivity contribution >= 4 is 66.9 Å². The summed E-state index contributed by atoms with van der Waals surface area (Å²) < 4.78 is 0. The Labute approximate surface area is 192 Å². The molecule has 29 heavy (non-hydrogen) atoms.